The maximum absolute atomic E-state index is 12.7. The van der Waals surface area contributed by atoms with Gasteiger partial charge in [-0.05, 0) is 67.6 Å². The Hall–Kier alpha value is -2.47. The van der Waals surface area contributed by atoms with Crippen molar-refractivity contribution in [1.29, 1.82) is 0 Å². The lowest BCUT2D eigenvalue weighted by molar-refractivity contribution is -0.118. The number of carbonyl (C=O) groups is 2. The smallest absolute Gasteiger partial charge is 0.251 e. The van der Waals surface area contributed by atoms with E-state index < -0.39 is 6.04 Å². The topological polar surface area (TPSA) is 67.4 Å². The van der Waals surface area contributed by atoms with Crippen molar-refractivity contribution in [3.05, 3.63) is 54.1 Å². The van der Waals surface area contributed by atoms with Crippen molar-refractivity contribution in [2.24, 2.45) is 5.92 Å². The van der Waals surface area contributed by atoms with Crippen LogP contribution in [0.1, 0.15) is 31.1 Å². The number of amides is 2. The van der Waals surface area contributed by atoms with Gasteiger partial charge < -0.3 is 15.4 Å². The molecule has 27 heavy (non-hydrogen) atoms. The summed E-state index contributed by atoms with van der Waals surface area (Å²) in [5.74, 6) is 0.133. The Balaban J connectivity index is 2.04. The highest BCUT2D eigenvalue weighted by Crippen LogP contribution is 2.18. The van der Waals surface area contributed by atoms with Gasteiger partial charge in [-0.25, -0.2) is 0 Å². The van der Waals surface area contributed by atoms with Crippen molar-refractivity contribution in [3.63, 3.8) is 0 Å². The number of anilines is 1. The summed E-state index contributed by atoms with van der Waals surface area (Å²) in [7, 11) is 0. The molecule has 0 unspecified atom stereocenters. The molecule has 0 bridgehead atoms. The van der Waals surface area contributed by atoms with Gasteiger partial charge in [-0.15, -0.1) is 11.8 Å². The predicted molar refractivity (Wildman–Crippen MR) is 111 cm³/mol. The van der Waals surface area contributed by atoms with E-state index in [9.17, 15) is 9.59 Å². The third-order valence-corrected chi connectivity index (χ3v) is 4.76. The lowest BCUT2D eigenvalue weighted by Crippen LogP contribution is -2.47. The zero-order chi connectivity index (χ0) is 19.8. The first-order valence-corrected chi connectivity index (χ1v) is 10.2. The van der Waals surface area contributed by atoms with E-state index in [1.165, 1.54) is 0 Å². The molecule has 0 aliphatic heterocycles. The minimum atomic E-state index is -0.635. The zero-order valence-electron chi connectivity index (χ0n) is 16.1. The second kappa shape index (κ2) is 10.0. The van der Waals surface area contributed by atoms with Crippen LogP contribution in [0.2, 0.25) is 0 Å². The molecule has 2 N–H and O–H groups in total. The third kappa shape index (κ3) is 6.03. The minimum Gasteiger partial charge on any atom is -0.494 e. The van der Waals surface area contributed by atoms with Gasteiger partial charge in [0, 0.05) is 16.1 Å². The van der Waals surface area contributed by atoms with Crippen molar-refractivity contribution in [2.45, 2.75) is 31.7 Å². The van der Waals surface area contributed by atoms with Gasteiger partial charge in [-0.3, -0.25) is 9.59 Å². The van der Waals surface area contributed by atoms with Crippen LogP contribution in [-0.4, -0.2) is 30.7 Å². The highest BCUT2D eigenvalue weighted by molar-refractivity contribution is 7.98. The molecule has 144 valence electrons. The fourth-order valence-electron chi connectivity index (χ4n) is 2.52. The van der Waals surface area contributed by atoms with Gasteiger partial charge in [-0.1, -0.05) is 13.8 Å². The van der Waals surface area contributed by atoms with Crippen molar-refractivity contribution in [2.75, 3.05) is 18.2 Å². The molecule has 6 heteroatoms. The molecule has 0 spiro atoms. The van der Waals surface area contributed by atoms with Crippen molar-refractivity contribution in [1.82, 2.24) is 5.32 Å². The fourth-order valence-corrected chi connectivity index (χ4v) is 2.93. The van der Waals surface area contributed by atoms with E-state index in [4.69, 9.17) is 4.74 Å². The highest BCUT2D eigenvalue weighted by atomic mass is 32.2. The summed E-state index contributed by atoms with van der Waals surface area (Å²) < 4.78 is 5.38. The first-order chi connectivity index (χ1) is 12.9. The van der Waals surface area contributed by atoms with Gasteiger partial charge in [-0.2, -0.15) is 0 Å². The van der Waals surface area contributed by atoms with E-state index in [0.717, 1.165) is 4.90 Å². The summed E-state index contributed by atoms with van der Waals surface area (Å²) >= 11 is 1.64. The monoisotopic (exact) mass is 386 g/mol. The minimum absolute atomic E-state index is 0.0536. The number of nitrogens with one attached hydrogen (secondary N) is 2. The number of carbonyl (C=O) groups excluding carboxylic acids is 2. The molecule has 2 rings (SSSR count). The maximum atomic E-state index is 12.7. The van der Waals surface area contributed by atoms with Crippen LogP contribution in [0.4, 0.5) is 5.69 Å². The molecule has 0 saturated carbocycles. The second-order valence-corrected chi connectivity index (χ2v) is 7.25. The van der Waals surface area contributed by atoms with Crippen LogP contribution < -0.4 is 15.4 Å². The van der Waals surface area contributed by atoms with Crippen LogP contribution in [0.25, 0.3) is 0 Å². The fraction of sp³-hybridized carbons (Fsp3) is 0.333. The number of ether oxygens (including phenoxy) is 1. The van der Waals surface area contributed by atoms with E-state index in [-0.39, 0.29) is 17.7 Å². The molecule has 0 aliphatic carbocycles. The lowest BCUT2D eigenvalue weighted by Gasteiger charge is -2.22. The summed E-state index contributed by atoms with van der Waals surface area (Å²) in [4.78, 5) is 26.3. The molecule has 2 aromatic rings. The molecule has 0 radical (unpaired) electrons. The van der Waals surface area contributed by atoms with Crippen LogP contribution in [0, 0.1) is 5.92 Å². The largest absolute Gasteiger partial charge is 0.494 e. The molecule has 0 heterocycles. The second-order valence-electron chi connectivity index (χ2n) is 6.37. The molecule has 2 aromatic carbocycles. The molecule has 1 atom stereocenters. The van der Waals surface area contributed by atoms with E-state index in [1.807, 2.05) is 51.3 Å². The number of rotatable bonds is 8. The summed E-state index contributed by atoms with van der Waals surface area (Å²) in [5, 5.41) is 5.71. The molecule has 0 aromatic heterocycles. The Morgan fingerprint density at radius 1 is 1.04 bits per heavy atom. The molecular weight excluding hydrogens is 360 g/mol. The SMILES string of the molecule is CCOc1ccc(C(=O)N[C@H](C(=O)Nc2ccc(SC)cc2)C(C)C)cc1. The number of hydrogen-bond acceptors (Lipinski definition) is 4. The molecule has 0 saturated heterocycles. The third-order valence-electron chi connectivity index (χ3n) is 4.02. The van der Waals surface area contributed by atoms with E-state index >= 15 is 0 Å². The Bertz CT molecular complexity index is 758. The van der Waals surface area contributed by atoms with Crippen LogP contribution in [-0.2, 0) is 4.79 Å². The maximum Gasteiger partial charge on any atom is 0.251 e. The van der Waals surface area contributed by atoms with Crippen LogP contribution >= 0.6 is 11.8 Å². The van der Waals surface area contributed by atoms with Gasteiger partial charge in [0.05, 0.1) is 6.61 Å². The van der Waals surface area contributed by atoms with E-state index in [1.54, 1.807) is 36.0 Å². The average molecular weight is 387 g/mol. The molecule has 0 aliphatic rings. The normalized spacial score (nSPS) is 11.7. The van der Waals surface area contributed by atoms with Crippen molar-refractivity contribution < 1.29 is 14.3 Å². The van der Waals surface area contributed by atoms with E-state index in [0.29, 0.717) is 23.6 Å². The average Bonchev–Trinajstić information content (AvgIpc) is 2.67. The van der Waals surface area contributed by atoms with Crippen molar-refractivity contribution >= 4 is 29.3 Å². The Morgan fingerprint density at radius 3 is 2.19 bits per heavy atom. The van der Waals surface area contributed by atoms with Gasteiger partial charge in [0.25, 0.3) is 5.91 Å². The van der Waals surface area contributed by atoms with Crippen molar-refractivity contribution in [3.8, 4) is 5.75 Å². The van der Waals surface area contributed by atoms with Crippen LogP contribution in [0.15, 0.2) is 53.4 Å². The Labute approximate surface area is 164 Å². The summed E-state index contributed by atoms with van der Waals surface area (Å²) in [6.07, 6.45) is 2.00. The Kier molecular flexibility index (Phi) is 7.73. The van der Waals surface area contributed by atoms with Crippen LogP contribution in [0.3, 0.4) is 0 Å². The van der Waals surface area contributed by atoms with E-state index in [2.05, 4.69) is 10.6 Å². The summed E-state index contributed by atoms with van der Waals surface area (Å²) in [6.45, 7) is 6.28. The number of benzene rings is 2. The highest BCUT2D eigenvalue weighted by Gasteiger charge is 2.24. The number of thioether (sulfide) groups is 1. The first kappa shape index (κ1) is 20.8. The summed E-state index contributed by atoms with van der Waals surface area (Å²) in [5.41, 5.74) is 1.19. The first-order valence-electron chi connectivity index (χ1n) is 8.93. The summed E-state index contributed by atoms with van der Waals surface area (Å²) in [6, 6.07) is 13.8. The lowest BCUT2D eigenvalue weighted by atomic mass is 10.0. The predicted octanol–water partition coefficient (Wildman–Crippen LogP) is 4.20. The molecule has 2 amide bonds. The van der Waals surface area contributed by atoms with Gasteiger partial charge >= 0.3 is 0 Å². The quantitative estimate of drug-likeness (QED) is 0.667. The Morgan fingerprint density at radius 2 is 1.67 bits per heavy atom. The van der Waals surface area contributed by atoms with Gasteiger partial charge in [0.15, 0.2) is 0 Å². The molecule has 0 fully saturated rings. The van der Waals surface area contributed by atoms with Gasteiger partial charge in [0.2, 0.25) is 5.91 Å². The molecule has 5 nitrogen and oxygen atoms in total. The zero-order valence-corrected chi connectivity index (χ0v) is 16.9. The van der Waals surface area contributed by atoms with Gasteiger partial charge in [0.1, 0.15) is 11.8 Å². The standard InChI is InChI=1S/C21H26N2O3S/c1-5-26-17-10-6-15(7-11-17)20(24)23-19(14(2)3)21(25)22-16-8-12-18(27-4)13-9-16/h6-14,19H,5H2,1-4H3,(H,22,25)(H,23,24)/t19-/m0/s1. The van der Waals surface area contributed by atoms with Crippen LogP contribution in [0.5, 0.6) is 5.75 Å². The molecular formula is C21H26N2O3S. The number of hydrogen-bond donors (Lipinski definition) is 2.